The highest BCUT2D eigenvalue weighted by Crippen LogP contribution is 2.28. The lowest BCUT2D eigenvalue weighted by Gasteiger charge is -2.35. The summed E-state index contributed by atoms with van der Waals surface area (Å²) in [6.45, 7) is 5.23. The van der Waals surface area contributed by atoms with Gasteiger partial charge in [0.1, 0.15) is 5.82 Å². The topological polar surface area (TPSA) is 88.2 Å². The van der Waals surface area contributed by atoms with Gasteiger partial charge in [-0.05, 0) is 49.7 Å². The van der Waals surface area contributed by atoms with Crippen LogP contribution < -0.4 is 14.8 Å². The molecule has 0 radical (unpaired) electrons. The van der Waals surface area contributed by atoms with Gasteiger partial charge in [0, 0.05) is 37.8 Å². The zero-order valence-electron chi connectivity index (χ0n) is 19.7. The average molecular weight is 472 g/mol. The summed E-state index contributed by atoms with van der Waals surface area (Å²) in [6, 6.07) is 10.7. The molecule has 8 nitrogen and oxygen atoms in total. The maximum Gasteiger partial charge on any atom is 0.258 e. The molecule has 2 aromatic carbocycles. The molecule has 1 heterocycles. The number of ether oxygens (including phenoxy) is 2. The lowest BCUT2D eigenvalue weighted by Crippen LogP contribution is -2.51. The van der Waals surface area contributed by atoms with Crippen molar-refractivity contribution in [2.45, 2.75) is 26.3 Å². The molecule has 9 heteroatoms. The Kier molecular flexibility index (Phi) is 8.45. The SMILES string of the molecule is COc1cc(C(=O)N2CCN(C(=O)Cc3ccc(F)cc3)CC2)ccc1OCC(=O)NC(C)C. The summed E-state index contributed by atoms with van der Waals surface area (Å²) in [7, 11) is 1.47. The van der Waals surface area contributed by atoms with Crippen LogP contribution in [0.2, 0.25) is 0 Å². The second-order valence-electron chi connectivity index (χ2n) is 8.35. The molecule has 1 fully saturated rings. The van der Waals surface area contributed by atoms with Gasteiger partial charge in [0.2, 0.25) is 5.91 Å². The molecule has 1 saturated heterocycles. The zero-order valence-corrected chi connectivity index (χ0v) is 19.7. The van der Waals surface area contributed by atoms with Crippen molar-refractivity contribution in [3.8, 4) is 11.5 Å². The number of halogens is 1. The maximum atomic E-state index is 13.1. The first kappa shape index (κ1) is 25.0. The Balaban J connectivity index is 1.55. The van der Waals surface area contributed by atoms with Crippen molar-refractivity contribution in [1.82, 2.24) is 15.1 Å². The van der Waals surface area contributed by atoms with Crippen molar-refractivity contribution in [2.75, 3.05) is 39.9 Å². The van der Waals surface area contributed by atoms with Gasteiger partial charge < -0.3 is 24.6 Å². The highest BCUT2D eigenvalue weighted by Gasteiger charge is 2.25. The molecule has 0 bridgehead atoms. The van der Waals surface area contributed by atoms with Crippen LogP contribution >= 0.6 is 0 Å². The molecule has 0 unspecified atom stereocenters. The van der Waals surface area contributed by atoms with Gasteiger partial charge in [-0.15, -0.1) is 0 Å². The Morgan fingerprint density at radius 3 is 2.24 bits per heavy atom. The predicted octanol–water partition coefficient (Wildman–Crippen LogP) is 2.26. The number of rotatable bonds is 8. The first-order valence-electron chi connectivity index (χ1n) is 11.2. The fraction of sp³-hybridized carbons (Fsp3) is 0.400. The normalized spacial score (nSPS) is 13.6. The number of carbonyl (C=O) groups excluding carboxylic acids is 3. The summed E-state index contributed by atoms with van der Waals surface area (Å²) < 4.78 is 23.9. The fourth-order valence-corrected chi connectivity index (χ4v) is 3.66. The molecule has 3 rings (SSSR count). The summed E-state index contributed by atoms with van der Waals surface area (Å²) in [5.41, 5.74) is 1.18. The third kappa shape index (κ3) is 6.69. The van der Waals surface area contributed by atoms with Gasteiger partial charge in [-0.25, -0.2) is 4.39 Å². The minimum Gasteiger partial charge on any atom is -0.493 e. The smallest absolute Gasteiger partial charge is 0.258 e. The van der Waals surface area contributed by atoms with Crippen LogP contribution in [0.15, 0.2) is 42.5 Å². The highest BCUT2D eigenvalue weighted by molar-refractivity contribution is 5.95. The van der Waals surface area contributed by atoms with E-state index in [0.717, 1.165) is 5.56 Å². The van der Waals surface area contributed by atoms with Gasteiger partial charge in [0.25, 0.3) is 11.8 Å². The number of nitrogens with zero attached hydrogens (tertiary/aromatic N) is 2. The van der Waals surface area contributed by atoms with E-state index in [1.54, 1.807) is 40.1 Å². The fourth-order valence-electron chi connectivity index (χ4n) is 3.66. The monoisotopic (exact) mass is 471 g/mol. The summed E-state index contributed by atoms with van der Waals surface area (Å²) >= 11 is 0. The van der Waals surface area contributed by atoms with Crippen molar-refractivity contribution in [3.63, 3.8) is 0 Å². The number of hydrogen-bond acceptors (Lipinski definition) is 5. The van der Waals surface area contributed by atoms with Gasteiger partial charge in [0.15, 0.2) is 18.1 Å². The first-order valence-corrected chi connectivity index (χ1v) is 11.2. The molecule has 1 aliphatic heterocycles. The van der Waals surface area contributed by atoms with Gasteiger partial charge in [-0.2, -0.15) is 0 Å². The number of carbonyl (C=O) groups is 3. The molecule has 1 aliphatic rings. The van der Waals surface area contributed by atoms with E-state index in [4.69, 9.17) is 9.47 Å². The largest absolute Gasteiger partial charge is 0.493 e. The Hall–Kier alpha value is -3.62. The van der Waals surface area contributed by atoms with Crippen molar-refractivity contribution >= 4 is 17.7 Å². The van der Waals surface area contributed by atoms with E-state index < -0.39 is 0 Å². The number of hydrogen-bond donors (Lipinski definition) is 1. The Morgan fingerprint density at radius 2 is 1.62 bits per heavy atom. The maximum absolute atomic E-state index is 13.1. The van der Waals surface area contributed by atoms with Crippen LogP contribution in [0.3, 0.4) is 0 Å². The molecule has 0 atom stereocenters. The molecular formula is C25H30FN3O5. The van der Waals surface area contributed by atoms with E-state index in [-0.39, 0.29) is 42.6 Å². The third-order valence-corrected chi connectivity index (χ3v) is 5.41. The van der Waals surface area contributed by atoms with Crippen LogP contribution in [0.4, 0.5) is 4.39 Å². The van der Waals surface area contributed by atoms with E-state index in [0.29, 0.717) is 43.2 Å². The molecule has 0 aromatic heterocycles. The summed E-state index contributed by atoms with van der Waals surface area (Å²) in [5, 5.41) is 2.74. The van der Waals surface area contributed by atoms with Gasteiger partial charge >= 0.3 is 0 Å². The van der Waals surface area contributed by atoms with Crippen LogP contribution in [0.5, 0.6) is 11.5 Å². The second kappa shape index (κ2) is 11.5. The van der Waals surface area contributed by atoms with E-state index >= 15 is 0 Å². The van der Waals surface area contributed by atoms with Gasteiger partial charge in [0.05, 0.1) is 13.5 Å². The lowest BCUT2D eigenvalue weighted by molar-refractivity contribution is -0.132. The number of amides is 3. The van der Waals surface area contributed by atoms with Crippen molar-refractivity contribution < 1.29 is 28.2 Å². The predicted molar refractivity (Wildman–Crippen MR) is 124 cm³/mol. The van der Waals surface area contributed by atoms with Crippen LogP contribution in [-0.4, -0.2) is 73.5 Å². The standard InChI is InChI=1S/C25H30FN3O5/c1-17(2)27-23(30)16-34-21-9-6-19(15-22(21)33-3)25(32)29-12-10-28(11-13-29)24(31)14-18-4-7-20(26)8-5-18/h4-9,15,17H,10-14,16H2,1-3H3,(H,27,30). The Morgan fingerprint density at radius 1 is 0.971 bits per heavy atom. The van der Waals surface area contributed by atoms with Crippen LogP contribution in [0.25, 0.3) is 0 Å². The molecule has 3 amide bonds. The molecule has 0 saturated carbocycles. The molecule has 182 valence electrons. The van der Waals surface area contributed by atoms with Crippen molar-refractivity contribution in [3.05, 3.63) is 59.4 Å². The minimum atomic E-state index is -0.337. The average Bonchev–Trinajstić information content (AvgIpc) is 2.83. The molecule has 1 N–H and O–H groups in total. The van der Waals surface area contributed by atoms with Gasteiger partial charge in [-0.1, -0.05) is 12.1 Å². The van der Waals surface area contributed by atoms with Crippen molar-refractivity contribution in [1.29, 1.82) is 0 Å². The molecular weight excluding hydrogens is 441 g/mol. The van der Waals surface area contributed by atoms with E-state index in [1.165, 1.54) is 19.2 Å². The molecule has 0 aliphatic carbocycles. The highest BCUT2D eigenvalue weighted by atomic mass is 19.1. The molecule has 34 heavy (non-hydrogen) atoms. The van der Waals surface area contributed by atoms with E-state index in [9.17, 15) is 18.8 Å². The van der Waals surface area contributed by atoms with Crippen LogP contribution in [0, 0.1) is 5.82 Å². The molecule has 2 aromatic rings. The zero-order chi connectivity index (χ0) is 24.7. The van der Waals surface area contributed by atoms with E-state index in [1.807, 2.05) is 13.8 Å². The second-order valence-corrected chi connectivity index (χ2v) is 8.35. The first-order chi connectivity index (χ1) is 16.3. The summed E-state index contributed by atoms with van der Waals surface area (Å²) in [5.74, 6) is -0.0814. The number of nitrogens with one attached hydrogen (secondary N) is 1. The molecule has 0 spiro atoms. The minimum absolute atomic E-state index is 0.0108. The van der Waals surface area contributed by atoms with E-state index in [2.05, 4.69) is 5.32 Å². The summed E-state index contributed by atoms with van der Waals surface area (Å²) in [6.07, 6.45) is 0.197. The lowest BCUT2D eigenvalue weighted by atomic mass is 10.1. The van der Waals surface area contributed by atoms with Gasteiger partial charge in [-0.3, -0.25) is 14.4 Å². The number of piperazine rings is 1. The third-order valence-electron chi connectivity index (χ3n) is 5.41. The summed E-state index contributed by atoms with van der Waals surface area (Å²) in [4.78, 5) is 40.8. The number of benzene rings is 2. The Bertz CT molecular complexity index is 1020. The van der Waals surface area contributed by atoms with Crippen LogP contribution in [-0.2, 0) is 16.0 Å². The number of methoxy groups -OCH3 is 1. The quantitative estimate of drug-likeness (QED) is 0.638. The van der Waals surface area contributed by atoms with Crippen molar-refractivity contribution in [2.24, 2.45) is 0 Å². The Labute approximate surface area is 198 Å². The van der Waals surface area contributed by atoms with Crippen LogP contribution in [0.1, 0.15) is 29.8 Å².